The third kappa shape index (κ3) is 4.30. The Morgan fingerprint density at radius 1 is 1.00 bits per heavy atom. The number of hydrogen-bond acceptors (Lipinski definition) is 2. The highest BCUT2D eigenvalue weighted by Crippen LogP contribution is 2.30. The molecule has 0 heterocycles. The smallest absolute Gasteiger partial charge is 0.322 e. The molecular formula is C21H21F2N3O2. The Labute approximate surface area is 161 Å². The molecule has 0 aromatic heterocycles. The molecule has 7 heteroatoms. The molecule has 2 aromatic rings. The third-order valence-corrected chi connectivity index (χ3v) is 4.93. The molecule has 0 unspecified atom stereocenters. The number of nitrogens with one attached hydrogen (secondary N) is 2. The van der Waals surface area contributed by atoms with E-state index in [2.05, 4.69) is 10.6 Å². The van der Waals surface area contributed by atoms with Gasteiger partial charge in [-0.25, -0.2) is 13.6 Å². The van der Waals surface area contributed by atoms with Crippen LogP contribution < -0.4 is 10.6 Å². The lowest BCUT2D eigenvalue weighted by Gasteiger charge is -2.23. The van der Waals surface area contributed by atoms with Gasteiger partial charge in [-0.15, -0.1) is 0 Å². The van der Waals surface area contributed by atoms with Crippen LogP contribution >= 0.6 is 0 Å². The lowest BCUT2D eigenvalue weighted by molar-refractivity contribution is 0.0951. The van der Waals surface area contributed by atoms with Crippen LogP contribution in [0.3, 0.4) is 0 Å². The number of carbonyl (C=O) groups is 2. The minimum atomic E-state index is -0.669. The summed E-state index contributed by atoms with van der Waals surface area (Å²) in [4.78, 5) is 26.4. The van der Waals surface area contributed by atoms with Gasteiger partial charge in [0.15, 0.2) is 0 Å². The summed E-state index contributed by atoms with van der Waals surface area (Å²) in [6, 6.07) is 10.1. The number of amides is 3. The Hall–Kier alpha value is -2.96. The number of hydrogen-bond donors (Lipinski definition) is 2. The molecule has 2 saturated carbocycles. The summed E-state index contributed by atoms with van der Waals surface area (Å²) in [7, 11) is 0. The lowest BCUT2D eigenvalue weighted by atomic mass is 10.1. The van der Waals surface area contributed by atoms with Crippen molar-refractivity contribution >= 4 is 17.6 Å². The van der Waals surface area contributed by atoms with E-state index in [0.717, 1.165) is 25.7 Å². The van der Waals surface area contributed by atoms with Gasteiger partial charge in [-0.05, 0) is 56.0 Å². The molecule has 3 amide bonds. The van der Waals surface area contributed by atoms with Gasteiger partial charge in [0, 0.05) is 28.9 Å². The van der Waals surface area contributed by atoms with Crippen molar-refractivity contribution in [2.75, 3.05) is 5.32 Å². The summed E-state index contributed by atoms with van der Waals surface area (Å²) in [5, 5.41) is 5.65. The molecule has 0 atom stereocenters. The van der Waals surface area contributed by atoms with Crippen LogP contribution in [-0.2, 0) is 6.54 Å². The van der Waals surface area contributed by atoms with Gasteiger partial charge in [0.2, 0.25) is 0 Å². The number of carbonyl (C=O) groups excluding carboxylic acids is 2. The SMILES string of the molecule is O=C(NC1CC1)c1cccc(NC(=O)N(Cc2c(F)cccc2F)C2CC2)c1. The van der Waals surface area contributed by atoms with Crippen molar-refractivity contribution in [1.29, 1.82) is 0 Å². The van der Waals surface area contributed by atoms with Crippen LogP contribution in [0.4, 0.5) is 19.3 Å². The van der Waals surface area contributed by atoms with Crippen molar-refractivity contribution in [2.45, 2.75) is 44.3 Å². The highest BCUT2D eigenvalue weighted by Gasteiger charge is 2.34. The average Bonchev–Trinajstić information content (AvgIpc) is 3.56. The van der Waals surface area contributed by atoms with E-state index >= 15 is 0 Å². The van der Waals surface area contributed by atoms with Gasteiger partial charge < -0.3 is 15.5 Å². The highest BCUT2D eigenvalue weighted by molar-refractivity contribution is 5.97. The van der Waals surface area contributed by atoms with E-state index in [1.54, 1.807) is 24.3 Å². The zero-order valence-corrected chi connectivity index (χ0v) is 15.3. The first-order chi connectivity index (χ1) is 13.5. The van der Waals surface area contributed by atoms with Crippen molar-refractivity contribution in [2.24, 2.45) is 0 Å². The number of anilines is 1. The van der Waals surface area contributed by atoms with E-state index in [4.69, 9.17) is 0 Å². The van der Waals surface area contributed by atoms with E-state index in [1.807, 2.05) is 0 Å². The molecule has 28 heavy (non-hydrogen) atoms. The Morgan fingerprint density at radius 2 is 1.68 bits per heavy atom. The normalized spacial score (nSPS) is 15.8. The van der Waals surface area contributed by atoms with E-state index in [1.165, 1.54) is 23.1 Å². The Balaban J connectivity index is 1.47. The third-order valence-electron chi connectivity index (χ3n) is 4.93. The fraction of sp³-hybridized carbons (Fsp3) is 0.333. The van der Waals surface area contributed by atoms with Crippen molar-refractivity contribution in [1.82, 2.24) is 10.2 Å². The lowest BCUT2D eigenvalue weighted by Crippen LogP contribution is -2.36. The molecule has 2 aromatic carbocycles. The molecule has 0 saturated heterocycles. The van der Waals surface area contributed by atoms with Gasteiger partial charge in [0.05, 0.1) is 6.54 Å². The van der Waals surface area contributed by atoms with Crippen molar-refractivity contribution < 1.29 is 18.4 Å². The van der Waals surface area contributed by atoms with Crippen molar-refractivity contribution in [3.8, 4) is 0 Å². The van der Waals surface area contributed by atoms with Crippen molar-refractivity contribution in [3.05, 3.63) is 65.2 Å². The van der Waals surface area contributed by atoms with Gasteiger partial charge in [0.1, 0.15) is 11.6 Å². The monoisotopic (exact) mass is 385 g/mol. The molecular weight excluding hydrogens is 364 g/mol. The topological polar surface area (TPSA) is 61.4 Å². The zero-order valence-electron chi connectivity index (χ0n) is 15.3. The largest absolute Gasteiger partial charge is 0.349 e. The molecule has 2 aliphatic rings. The standard InChI is InChI=1S/C21H21F2N3O2/c22-18-5-2-6-19(23)17(18)12-26(16-9-10-16)21(28)25-15-4-1-3-13(11-15)20(27)24-14-7-8-14/h1-6,11,14,16H,7-10,12H2,(H,24,27)(H,25,28). The molecule has 0 aliphatic heterocycles. The van der Waals surface area contributed by atoms with E-state index in [0.29, 0.717) is 11.3 Å². The van der Waals surface area contributed by atoms with Gasteiger partial charge in [-0.2, -0.15) is 0 Å². The second-order valence-electron chi connectivity index (χ2n) is 7.32. The summed E-state index contributed by atoms with van der Waals surface area (Å²) in [6.07, 6.45) is 3.58. The second-order valence-corrected chi connectivity index (χ2v) is 7.32. The van der Waals surface area contributed by atoms with Crippen molar-refractivity contribution in [3.63, 3.8) is 0 Å². The molecule has 5 nitrogen and oxygen atoms in total. The van der Waals surface area contributed by atoms with Gasteiger partial charge in [-0.3, -0.25) is 4.79 Å². The van der Waals surface area contributed by atoms with Gasteiger partial charge >= 0.3 is 6.03 Å². The predicted octanol–water partition coefficient (Wildman–Crippen LogP) is 4.05. The van der Waals surface area contributed by atoms with Crippen LogP contribution in [0.5, 0.6) is 0 Å². The molecule has 2 aliphatic carbocycles. The first kappa shape index (κ1) is 18.4. The quantitative estimate of drug-likeness (QED) is 0.788. The first-order valence-electron chi connectivity index (χ1n) is 9.42. The number of urea groups is 1. The Kier molecular flexibility index (Phi) is 4.98. The number of benzene rings is 2. The van der Waals surface area contributed by atoms with Crippen LogP contribution in [-0.4, -0.2) is 28.9 Å². The molecule has 4 rings (SSSR count). The molecule has 0 spiro atoms. The maximum absolute atomic E-state index is 14.0. The highest BCUT2D eigenvalue weighted by atomic mass is 19.1. The maximum Gasteiger partial charge on any atom is 0.322 e. The van der Waals surface area contributed by atoms with Crippen LogP contribution in [0.15, 0.2) is 42.5 Å². The van der Waals surface area contributed by atoms with Gasteiger partial charge in [-0.1, -0.05) is 12.1 Å². The second kappa shape index (κ2) is 7.58. The number of nitrogens with zero attached hydrogens (tertiary/aromatic N) is 1. The number of halogens is 2. The van der Waals surface area contributed by atoms with E-state index in [9.17, 15) is 18.4 Å². The van der Waals surface area contributed by atoms with E-state index < -0.39 is 17.7 Å². The maximum atomic E-state index is 14.0. The number of rotatable bonds is 6. The van der Waals surface area contributed by atoms with Crippen LogP contribution in [0.1, 0.15) is 41.6 Å². The zero-order chi connectivity index (χ0) is 19.7. The summed E-state index contributed by atoms with van der Waals surface area (Å²) >= 11 is 0. The predicted molar refractivity (Wildman–Crippen MR) is 101 cm³/mol. The Morgan fingerprint density at radius 3 is 2.32 bits per heavy atom. The minimum absolute atomic E-state index is 0.0413. The summed E-state index contributed by atoms with van der Waals surface area (Å²) < 4.78 is 28.0. The fourth-order valence-corrected chi connectivity index (χ4v) is 3.04. The minimum Gasteiger partial charge on any atom is -0.349 e. The fourth-order valence-electron chi connectivity index (χ4n) is 3.04. The first-order valence-corrected chi connectivity index (χ1v) is 9.42. The molecule has 0 radical (unpaired) electrons. The van der Waals surface area contributed by atoms with Crippen LogP contribution in [0, 0.1) is 11.6 Å². The van der Waals surface area contributed by atoms with Gasteiger partial charge in [0.25, 0.3) is 5.91 Å². The molecule has 146 valence electrons. The summed E-state index contributed by atoms with van der Waals surface area (Å²) in [5.41, 5.74) is 0.804. The van der Waals surface area contributed by atoms with Crippen LogP contribution in [0.25, 0.3) is 0 Å². The molecule has 0 bridgehead atoms. The summed E-state index contributed by atoms with van der Waals surface area (Å²) in [6.45, 7) is -0.142. The summed E-state index contributed by atoms with van der Waals surface area (Å²) in [5.74, 6) is -1.51. The Bertz CT molecular complexity index is 890. The molecule has 2 N–H and O–H groups in total. The average molecular weight is 385 g/mol. The molecule has 2 fully saturated rings. The van der Waals surface area contributed by atoms with Crippen LogP contribution in [0.2, 0.25) is 0 Å². The van der Waals surface area contributed by atoms with E-state index in [-0.39, 0.29) is 30.1 Å².